The van der Waals surface area contributed by atoms with E-state index in [-0.39, 0.29) is 12.3 Å². The van der Waals surface area contributed by atoms with Gasteiger partial charge in [-0.2, -0.15) is 0 Å². The Labute approximate surface area is 133 Å². The SMILES string of the molecule is CCOC(=O)c1cc(/C=C/OC(C)=O)c2cc(OC)ccc2n1. The van der Waals surface area contributed by atoms with Crippen molar-refractivity contribution in [3.05, 3.63) is 41.8 Å². The largest absolute Gasteiger partial charge is 0.497 e. The van der Waals surface area contributed by atoms with Crippen molar-refractivity contribution in [2.75, 3.05) is 13.7 Å². The fourth-order valence-corrected chi connectivity index (χ4v) is 2.01. The van der Waals surface area contributed by atoms with Gasteiger partial charge in [0.25, 0.3) is 0 Å². The van der Waals surface area contributed by atoms with Crippen molar-refractivity contribution < 1.29 is 23.8 Å². The van der Waals surface area contributed by atoms with Crippen LogP contribution in [-0.2, 0) is 14.3 Å². The molecule has 1 heterocycles. The molecular weight excluding hydrogens is 298 g/mol. The molecule has 0 amide bonds. The number of hydrogen-bond acceptors (Lipinski definition) is 6. The molecule has 0 aliphatic carbocycles. The van der Waals surface area contributed by atoms with Gasteiger partial charge in [0.2, 0.25) is 0 Å². The molecule has 0 saturated carbocycles. The highest BCUT2D eigenvalue weighted by Gasteiger charge is 2.12. The Balaban J connectivity index is 2.54. The van der Waals surface area contributed by atoms with E-state index in [4.69, 9.17) is 14.2 Å². The average molecular weight is 315 g/mol. The van der Waals surface area contributed by atoms with E-state index in [0.717, 1.165) is 5.39 Å². The summed E-state index contributed by atoms with van der Waals surface area (Å²) in [5.74, 6) is -0.277. The van der Waals surface area contributed by atoms with Gasteiger partial charge in [-0.25, -0.2) is 9.78 Å². The van der Waals surface area contributed by atoms with E-state index >= 15 is 0 Å². The first-order valence-electron chi connectivity index (χ1n) is 7.04. The van der Waals surface area contributed by atoms with E-state index < -0.39 is 11.9 Å². The number of carbonyl (C=O) groups is 2. The Morgan fingerprint density at radius 1 is 1.26 bits per heavy atom. The van der Waals surface area contributed by atoms with Gasteiger partial charge in [-0.05, 0) is 42.8 Å². The molecular formula is C17H17NO5. The molecule has 6 nitrogen and oxygen atoms in total. The molecule has 0 spiro atoms. The zero-order valence-corrected chi connectivity index (χ0v) is 13.2. The summed E-state index contributed by atoms with van der Waals surface area (Å²) in [5.41, 5.74) is 1.46. The van der Waals surface area contributed by atoms with Crippen LogP contribution < -0.4 is 4.74 Å². The second kappa shape index (κ2) is 7.40. The van der Waals surface area contributed by atoms with Gasteiger partial charge in [0.1, 0.15) is 11.4 Å². The highest BCUT2D eigenvalue weighted by molar-refractivity contribution is 5.95. The van der Waals surface area contributed by atoms with Crippen LogP contribution in [0.4, 0.5) is 0 Å². The number of ether oxygens (including phenoxy) is 3. The lowest BCUT2D eigenvalue weighted by atomic mass is 10.1. The molecule has 0 radical (unpaired) electrons. The van der Waals surface area contributed by atoms with E-state index in [9.17, 15) is 9.59 Å². The standard InChI is InChI=1S/C17H17NO5/c1-4-22-17(20)16-9-12(7-8-23-11(2)19)14-10-13(21-3)5-6-15(14)18-16/h5-10H,4H2,1-3H3/b8-7+. The second-order valence-electron chi connectivity index (χ2n) is 4.61. The lowest BCUT2D eigenvalue weighted by Crippen LogP contribution is -2.07. The van der Waals surface area contributed by atoms with Crippen LogP contribution in [0, 0.1) is 0 Å². The molecule has 0 aliphatic heterocycles. The summed E-state index contributed by atoms with van der Waals surface area (Å²) in [6.45, 7) is 3.30. The minimum Gasteiger partial charge on any atom is -0.497 e. The molecule has 2 rings (SSSR count). The van der Waals surface area contributed by atoms with Gasteiger partial charge in [0, 0.05) is 12.3 Å². The zero-order chi connectivity index (χ0) is 16.8. The van der Waals surface area contributed by atoms with Crippen LogP contribution in [-0.4, -0.2) is 30.6 Å². The number of aromatic nitrogens is 1. The number of pyridine rings is 1. The van der Waals surface area contributed by atoms with Crippen molar-refractivity contribution in [2.24, 2.45) is 0 Å². The number of esters is 2. The Morgan fingerprint density at radius 2 is 2.04 bits per heavy atom. The Hall–Kier alpha value is -2.89. The van der Waals surface area contributed by atoms with E-state index in [1.54, 1.807) is 44.4 Å². The van der Waals surface area contributed by atoms with Crippen molar-refractivity contribution in [1.29, 1.82) is 0 Å². The van der Waals surface area contributed by atoms with E-state index in [2.05, 4.69) is 4.98 Å². The number of nitrogens with zero attached hydrogens (tertiary/aromatic N) is 1. The van der Waals surface area contributed by atoms with Gasteiger partial charge in [-0.3, -0.25) is 4.79 Å². The van der Waals surface area contributed by atoms with Gasteiger partial charge < -0.3 is 14.2 Å². The summed E-state index contributed by atoms with van der Waals surface area (Å²) < 4.78 is 15.0. The lowest BCUT2D eigenvalue weighted by Gasteiger charge is -2.08. The maximum Gasteiger partial charge on any atom is 0.356 e. The molecule has 6 heteroatoms. The third-order valence-corrected chi connectivity index (χ3v) is 3.01. The average Bonchev–Trinajstić information content (AvgIpc) is 2.54. The Bertz CT molecular complexity index is 767. The van der Waals surface area contributed by atoms with Crippen LogP contribution in [0.3, 0.4) is 0 Å². The highest BCUT2D eigenvalue weighted by atomic mass is 16.5. The molecule has 2 aromatic rings. The number of methoxy groups -OCH3 is 1. The predicted molar refractivity (Wildman–Crippen MR) is 85.1 cm³/mol. The molecule has 0 N–H and O–H groups in total. The molecule has 23 heavy (non-hydrogen) atoms. The Kier molecular flexibility index (Phi) is 5.30. The highest BCUT2D eigenvalue weighted by Crippen LogP contribution is 2.25. The molecule has 0 saturated heterocycles. The number of fused-ring (bicyclic) bond motifs is 1. The lowest BCUT2D eigenvalue weighted by molar-refractivity contribution is -0.135. The van der Waals surface area contributed by atoms with Gasteiger partial charge in [0.15, 0.2) is 0 Å². The normalized spacial score (nSPS) is 10.7. The van der Waals surface area contributed by atoms with Crippen molar-refractivity contribution in [2.45, 2.75) is 13.8 Å². The minimum absolute atomic E-state index is 0.187. The summed E-state index contributed by atoms with van der Waals surface area (Å²) in [4.78, 5) is 27.1. The fraction of sp³-hybridized carbons (Fsp3) is 0.235. The van der Waals surface area contributed by atoms with Crippen LogP contribution in [0.5, 0.6) is 5.75 Å². The molecule has 0 bridgehead atoms. The topological polar surface area (TPSA) is 74.7 Å². The van der Waals surface area contributed by atoms with Crippen LogP contribution in [0.1, 0.15) is 29.9 Å². The minimum atomic E-state index is -0.507. The van der Waals surface area contributed by atoms with Crippen molar-refractivity contribution in [3.63, 3.8) is 0 Å². The van der Waals surface area contributed by atoms with Crippen LogP contribution in [0.15, 0.2) is 30.5 Å². The van der Waals surface area contributed by atoms with Crippen LogP contribution in [0.25, 0.3) is 17.0 Å². The number of benzene rings is 1. The van der Waals surface area contributed by atoms with Gasteiger partial charge in [-0.1, -0.05) is 0 Å². The molecule has 0 unspecified atom stereocenters. The van der Waals surface area contributed by atoms with E-state index in [1.807, 2.05) is 0 Å². The monoisotopic (exact) mass is 315 g/mol. The predicted octanol–water partition coefficient (Wildman–Crippen LogP) is 2.95. The molecule has 0 atom stereocenters. The van der Waals surface area contributed by atoms with Crippen molar-refractivity contribution in [1.82, 2.24) is 4.98 Å². The van der Waals surface area contributed by atoms with Crippen molar-refractivity contribution >= 4 is 28.9 Å². The quantitative estimate of drug-likeness (QED) is 0.624. The van der Waals surface area contributed by atoms with Gasteiger partial charge in [-0.15, -0.1) is 0 Å². The summed E-state index contributed by atoms with van der Waals surface area (Å²) in [6, 6.07) is 6.88. The summed E-state index contributed by atoms with van der Waals surface area (Å²) in [6.07, 6.45) is 2.86. The maximum atomic E-state index is 11.9. The van der Waals surface area contributed by atoms with E-state index in [1.165, 1.54) is 13.2 Å². The number of rotatable bonds is 5. The molecule has 1 aromatic carbocycles. The third-order valence-electron chi connectivity index (χ3n) is 3.01. The van der Waals surface area contributed by atoms with Crippen molar-refractivity contribution in [3.8, 4) is 5.75 Å². The third kappa shape index (κ3) is 4.06. The summed E-state index contributed by atoms with van der Waals surface area (Å²) in [5, 5.41) is 0.765. The second-order valence-corrected chi connectivity index (χ2v) is 4.61. The molecule has 1 aromatic heterocycles. The van der Waals surface area contributed by atoms with Gasteiger partial charge in [0.05, 0.1) is 25.5 Å². The number of hydrogen-bond donors (Lipinski definition) is 0. The first-order chi connectivity index (χ1) is 11.0. The van der Waals surface area contributed by atoms with Crippen LogP contribution >= 0.6 is 0 Å². The smallest absolute Gasteiger partial charge is 0.356 e. The number of carbonyl (C=O) groups excluding carboxylic acids is 2. The Morgan fingerprint density at radius 3 is 2.70 bits per heavy atom. The first-order valence-corrected chi connectivity index (χ1v) is 7.04. The van der Waals surface area contributed by atoms with Crippen LogP contribution in [0.2, 0.25) is 0 Å². The van der Waals surface area contributed by atoms with E-state index in [0.29, 0.717) is 16.8 Å². The maximum absolute atomic E-state index is 11.9. The molecule has 0 fully saturated rings. The first kappa shape index (κ1) is 16.5. The molecule has 120 valence electrons. The zero-order valence-electron chi connectivity index (χ0n) is 13.2. The summed E-state index contributed by atoms with van der Waals surface area (Å²) in [7, 11) is 1.57. The van der Waals surface area contributed by atoms with Gasteiger partial charge >= 0.3 is 11.9 Å². The fourth-order valence-electron chi connectivity index (χ4n) is 2.01. The summed E-state index contributed by atoms with van der Waals surface area (Å²) >= 11 is 0. The molecule has 0 aliphatic rings.